The van der Waals surface area contributed by atoms with E-state index in [1.807, 2.05) is 91.6 Å². The number of anilines is 3. The standard InChI is InChI=1S/C34H36N8O/c1-24-9-10-28(19-32(24)39-34-35-12-11-31(38-34)27-7-5-4-6-8-27)33(43)37-29-17-26(22-41-15-13-40(3)14-16-41)18-30(20-29)42-21-25(2)36-23-42/h4-12,17-21,23H,13-16,22H2,1-3H3,(H,37,43)(H,35,38,39). The zero-order valence-corrected chi connectivity index (χ0v) is 24.8. The number of amides is 1. The Morgan fingerprint density at radius 2 is 1.72 bits per heavy atom. The number of imidazole rings is 1. The summed E-state index contributed by atoms with van der Waals surface area (Å²) in [6.07, 6.45) is 5.54. The van der Waals surface area contributed by atoms with Gasteiger partial charge in [0.05, 0.1) is 17.7 Å². The fourth-order valence-corrected chi connectivity index (χ4v) is 5.22. The molecule has 1 aliphatic rings. The van der Waals surface area contributed by atoms with E-state index in [9.17, 15) is 4.79 Å². The second-order valence-electron chi connectivity index (χ2n) is 11.1. The molecule has 2 N–H and O–H groups in total. The van der Waals surface area contributed by atoms with Gasteiger partial charge in [-0.1, -0.05) is 36.4 Å². The first-order valence-corrected chi connectivity index (χ1v) is 14.5. The molecule has 9 heteroatoms. The SMILES string of the molecule is Cc1cn(-c2cc(CN3CCN(C)CC3)cc(NC(=O)c3ccc(C)c(Nc4nccc(-c5ccccc5)n4)c3)c2)cn1. The minimum Gasteiger partial charge on any atom is -0.324 e. The van der Waals surface area contributed by atoms with Crippen molar-refractivity contribution in [2.75, 3.05) is 43.9 Å². The Balaban J connectivity index is 1.23. The average molecular weight is 573 g/mol. The van der Waals surface area contributed by atoms with Crippen molar-refractivity contribution in [3.05, 3.63) is 114 Å². The third-order valence-electron chi connectivity index (χ3n) is 7.72. The molecule has 0 radical (unpaired) electrons. The lowest BCUT2D eigenvalue weighted by molar-refractivity contribution is 0.102. The molecule has 1 fully saturated rings. The number of aryl methyl sites for hydroxylation is 2. The zero-order chi connectivity index (χ0) is 29.8. The van der Waals surface area contributed by atoms with Crippen LogP contribution >= 0.6 is 0 Å². The summed E-state index contributed by atoms with van der Waals surface area (Å²) in [5.74, 6) is 0.283. The topological polar surface area (TPSA) is 91.2 Å². The zero-order valence-electron chi connectivity index (χ0n) is 24.8. The third kappa shape index (κ3) is 6.97. The second kappa shape index (κ2) is 12.6. The van der Waals surface area contributed by atoms with Crippen LogP contribution in [0.4, 0.5) is 17.3 Å². The average Bonchev–Trinajstić information content (AvgIpc) is 3.46. The van der Waals surface area contributed by atoms with Crippen molar-refractivity contribution in [3.8, 4) is 16.9 Å². The molecule has 0 aliphatic carbocycles. The molecule has 1 aliphatic heterocycles. The third-order valence-corrected chi connectivity index (χ3v) is 7.72. The summed E-state index contributed by atoms with van der Waals surface area (Å²) in [7, 11) is 2.16. The minimum atomic E-state index is -0.188. The summed E-state index contributed by atoms with van der Waals surface area (Å²) in [4.78, 5) is 31.9. The van der Waals surface area contributed by atoms with Gasteiger partial charge in [-0.3, -0.25) is 9.69 Å². The second-order valence-corrected chi connectivity index (χ2v) is 11.1. The summed E-state index contributed by atoms with van der Waals surface area (Å²) >= 11 is 0. The van der Waals surface area contributed by atoms with Gasteiger partial charge in [0.15, 0.2) is 0 Å². The van der Waals surface area contributed by atoms with Crippen LogP contribution in [0, 0.1) is 13.8 Å². The summed E-state index contributed by atoms with van der Waals surface area (Å²) < 4.78 is 2.00. The van der Waals surface area contributed by atoms with Gasteiger partial charge < -0.3 is 20.1 Å². The number of rotatable bonds is 8. The number of piperazine rings is 1. The summed E-state index contributed by atoms with van der Waals surface area (Å²) in [5, 5.41) is 6.45. The molecule has 0 saturated carbocycles. The van der Waals surface area contributed by atoms with Crippen molar-refractivity contribution in [3.63, 3.8) is 0 Å². The highest BCUT2D eigenvalue weighted by Crippen LogP contribution is 2.25. The number of carbonyl (C=O) groups is 1. The molecule has 2 aromatic heterocycles. The van der Waals surface area contributed by atoms with Gasteiger partial charge >= 0.3 is 0 Å². The molecule has 5 aromatic rings. The van der Waals surface area contributed by atoms with Crippen LogP contribution in [0.5, 0.6) is 0 Å². The molecule has 3 heterocycles. The number of nitrogens with zero attached hydrogens (tertiary/aromatic N) is 6. The summed E-state index contributed by atoms with van der Waals surface area (Å²) in [5.41, 5.74) is 7.92. The van der Waals surface area contributed by atoms with Gasteiger partial charge in [0.1, 0.15) is 0 Å². The molecule has 3 aromatic carbocycles. The largest absolute Gasteiger partial charge is 0.324 e. The maximum atomic E-state index is 13.6. The van der Waals surface area contributed by atoms with E-state index in [-0.39, 0.29) is 5.91 Å². The molecular formula is C34H36N8O. The normalized spacial score (nSPS) is 14.0. The van der Waals surface area contributed by atoms with Gasteiger partial charge in [0.25, 0.3) is 5.91 Å². The molecule has 43 heavy (non-hydrogen) atoms. The Bertz CT molecular complexity index is 1720. The number of carbonyl (C=O) groups excluding carboxylic acids is 1. The monoisotopic (exact) mass is 572 g/mol. The number of hydrogen-bond donors (Lipinski definition) is 2. The Morgan fingerprint density at radius 1 is 0.907 bits per heavy atom. The molecule has 1 saturated heterocycles. The van der Waals surface area contributed by atoms with E-state index in [0.717, 1.165) is 77.9 Å². The number of likely N-dealkylation sites (N-methyl/N-ethyl adjacent to an activating group) is 1. The Morgan fingerprint density at radius 3 is 2.49 bits per heavy atom. The van der Waals surface area contributed by atoms with Crippen molar-refractivity contribution in [1.29, 1.82) is 0 Å². The highest BCUT2D eigenvalue weighted by Gasteiger charge is 2.16. The smallest absolute Gasteiger partial charge is 0.255 e. The predicted molar refractivity (Wildman–Crippen MR) is 171 cm³/mol. The number of hydrogen-bond acceptors (Lipinski definition) is 7. The predicted octanol–water partition coefficient (Wildman–Crippen LogP) is 5.69. The highest BCUT2D eigenvalue weighted by atomic mass is 16.1. The van der Waals surface area contributed by atoms with Crippen molar-refractivity contribution in [2.45, 2.75) is 20.4 Å². The first-order chi connectivity index (χ1) is 20.9. The van der Waals surface area contributed by atoms with Gasteiger partial charge in [0, 0.05) is 73.3 Å². The first-order valence-electron chi connectivity index (χ1n) is 14.5. The number of nitrogens with one attached hydrogen (secondary N) is 2. The lowest BCUT2D eigenvalue weighted by atomic mass is 10.1. The van der Waals surface area contributed by atoms with Gasteiger partial charge in [-0.15, -0.1) is 0 Å². The summed E-state index contributed by atoms with van der Waals surface area (Å²) in [6, 6.07) is 23.7. The van der Waals surface area contributed by atoms with Gasteiger partial charge in [-0.05, 0) is 68.4 Å². The van der Waals surface area contributed by atoms with Crippen LogP contribution in [-0.4, -0.2) is 68.5 Å². The Kier molecular flexibility index (Phi) is 8.26. The molecule has 6 rings (SSSR count). The maximum Gasteiger partial charge on any atom is 0.255 e. The highest BCUT2D eigenvalue weighted by molar-refractivity contribution is 6.05. The van der Waals surface area contributed by atoms with Gasteiger partial charge in [-0.25, -0.2) is 15.0 Å². The molecule has 0 unspecified atom stereocenters. The maximum absolute atomic E-state index is 13.6. The minimum absolute atomic E-state index is 0.188. The fraction of sp³-hybridized carbons (Fsp3) is 0.235. The van der Waals surface area contributed by atoms with E-state index in [0.29, 0.717) is 11.5 Å². The fourth-order valence-electron chi connectivity index (χ4n) is 5.22. The van der Waals surface area contributed by atoms with Gasteiger partial charge in [0.2, 0.25) is 5.95 Å². The van der Waals surface area contributed by atoms with E-state index >= 15 is 0 Å². The van der Waals surface area contributed by atoms with Crippen LogP contribution in [-0.2, 0) is 6.54 Å². The number of benzene rings is 3. The van der Waals surface area contributed by atoms with Gasteiger partial charge in [-0.2, -0.15) is 0 Å². The van der Waals surface area contributed by atoms with Crippen LogP contribution in [0.3, 0.4) is 0 Å². The lowest BCUT2D eigenvalue weighted by Gasteiger charge is -2.32. The van der Waals surface area contributed by atoms with E-state index < -0.39 is 0 Å². The van der Waals surface area contributed by atoms with Crippen molar-refractivity contribution < 1.29 is 4.79 Å². The summed E-state index contributed by atoms with van der Waals surface area (Å²) in [6.45, 7) is 8.92. The Labute approximate surface area is 252 Å². The van der Waals surface area contributed by atoms with Crippen LogP contribution in [0.25, 0.3) is 16.9 Å². The number of aromatic nitrogens is 4. The van der Waals surface area contributed by atoms with Crippen molar-refractivity contribution in [1.82, 2.24) is 29.3 Å². The lowest BCUT2D eigenvalue weighted by Crippen LogP contribution is -2.43. The van der Waals surface area contributed by atoms with Crippen LogP contribution < -0.4 is 10.6 Å². The molecule has 0 spiro atoms. The molecule has 9 nitrogen and oxygen atoms in total. The molecule has 1 amide bonds. The quantitative estimate of drug-likeness (QED) is 0.247. The van der Waals surface area contributed by atoms with Crippen LogP contribution in [0.2, 0.25) is 0 Å². The molecule has 0 atom stereocenters. The van der Waals surface area contributed by atoms with Crippen LogP contribution in [0.15, 0.2) is 91.5 Å². The van der Waals surface area contributed by atoms with E-state index in [2.05, 4.69) is 54.6 Å². The van der Waals surface area contributed by atoms with Crippen molar-refractivity contribution >= 4 is 23.2 Å². The molecular weight excluding hydrogens is 536 g/mol. The van der Waals surface area contributed by atoms with Crippen molar-refractivity contribution in [2.24, 2.45) is 0 Å². The van der Waals surface area contributed by atoms with Crippen LogP contribution in [0.1, 0.15) is 27.2 Å². The molecule has 0 bridgehead atoms. The van der Waals surface area contributed by atoms with E-state index in [4.69, 9.17) is 0 Å². The van der Waals surface area contributed by atoms with E-state index in [1.54, 1.807) is 6.20 Å². The molecule has 218 valence electrons. The first kappa shape index (κ1) is 28.3. The Hall–Kier alpha value is -4.86. The van der Waals surface area contributed by atoms with E-state index in [1.165, 1.54) is 0 Å².